The van der Waals surface area contributed by atoms with Gasteiger partial charge in [-0.15, -0.1) is 0 Å². The second kappa shape index (κ2) is 4.31. The van der Waals surface area contributed by atoms with Crippen molar-refractivity contribution < 1.29 is 0 Å². The molecule has 1 unspecified atom stereocenters. The summed E-state index contributed by atoms with van der Waals surface area (Å²) in [5, 5.41) is 12.0. The van der Waals surface area contributed by atoms with Gasteiger partial charge in [-0.3, -0.25) is 0 Å². The van der Waals surface area contributed by atoms with Crippen LogP contribution in [0.2, 0.25) is 0 Å². The number of nitrogens with zero attached hydrogens (tertiary/aromatic N) is 2. The van der Waals surface area contributed by atoms with Gasteiger partial charge in [-0.25, -0.2) is 4.98 Å². The van der Waals surface area contributed by atoms with E-state index in [0.29, 0.717) is 11.6 Å². The molecule has 1 saturated carbocycles. The maximum Gasteiger partial charge on any atom is 0.126 e. The fourth-order valence-corrected chi connectivity index (χ4v) is 1.71. The van der Waals surface area contributed by atoms with Crippen LogP contribution in [0.4, 0.5) is 5.82 Å². The lowest BCUT2D eigenvalue weighted by atomic mass is 10.1. The topological polar surface area (TPSA) is 48.7 Å². The van der Waals surface area contributed by atoms with Gasteiger partial charge in [-0.2, -0.15) is 5.26 Å². The second-order valence-corrected chi connectivity index (χ2v) is 4.27. The van der Waals surface area contributed by atoms with Crippen LogP contribution in [0.3, 0.4) is 0 Å². The van der Waals surface area contributed by atoms with Crippen LogP contribution in [-0.4, -0.2) is 11.0 Å². The number of anilines is 1. The first-order valence-electron chi connectivity index (χ1n) is 5.40. The molecule has 1 fully saturated rings. The third kappa shape index (κ3) is 2.95. The zero-order valence-corrected chi connectivity index (χ0v) is 8.90. The van der Waals surface area contributed by atoms with E-state index in [-0.39, 0.29) is 0 Å². The van der Waals surface area contributed by atoms with Crippen LogP contribution in [0, 0.1) is 17.2 Å². The molecule has 15 heavy (non-hydrogen) atoms. The van der Waals surface area contributed by atoms with Gasteiger partial charge >= 0.3 is 0 Å². The summed E-state index contributed by atoms with van der Waals surface area (Å²) in [6.07, 6.45) is 5.59. The van der Waals surface area contributed by atoms with Crippen molar-refractivity contribution in [1.82, 2.24) is 4.98 Å². The molecule has 1 N–H and O–H groups in total. The number of nitrogens with one attached hydrogen (secondary N) is 1. The lowest BCUT2D eigenvalue weighted by molar-refractivity contribution is 0.640. The van der Waals surface area contributed by atoms with Gasteiger partial charge in [0.25, 0.3) is 0 Å². The Kier molecular flexibility index (Phi) is 2.86. The Hall–Kier alpha value is -1.56. The van der Waals surface area contributed by atoms with E-state index >= 15 is 0 Å². The summed E-state index contributed by atoms with van der Waals surface area (Å²) >= 11 is 0. The molecule has 0 bridgehead atoms. The standard InChI is InChI=1S/C12H15N3/c1-9(6-10-2-3-10)15-12-5-4-11(7-13)8-14-12/h4-5,8-10H,2-3,6H2,1H3,(H,14,15). The van der Waals surface area contributed by atoms with Gasteiger partial charge in [0.05, 0.1) is 5.56 Å². The molecule has 2 rings (SSSR count). The van der Waals surface area contributed by atoms with E-state index in [9.17, 15) is 0 Å². The molecule has 78 valence electrons. The molecule has 3 heteroatoms. The van der Waals surface area contributed by atoms with Crippen molar-refractivity contribution >= 4 is 5.82 Å². The van der Waals surface area contributed by atoms with Crippen LogP contribution in [0.5, 0.6) is 0 Å². The van der Waals surface area contributed by atoms with E-state index < -0.39 is 0 Å². The van der Waals surface area contributed by atoms with Gasteiger partial charge in [-0.05, 0) is 31.4 Å². The maximum absolute atomic E-state index is 8.63. The predicted molar refractivity (Wildman–Crippen MR) is 59.4 cm³/mol. The number of nitriles is 1. The highest BCUT2D eigenvalue weighted by atomic mass is 15.0. The quantitative estimate of drug-likeness (QED) is 0.814. The average molecular weight is 201 g/mol. The summed E-state index contributed by atoms with van der Waals surface area (Å²) in [6.45, 7) is 2.18. The number of hydrogen-bond donors (Lipinski definition) is 1. The van der Waals surface area contributed by atoms with Crippen molar-refractivity contribution in [2.45, 2.75) is 32.2 Å². The third-order valence-electron chi connectivity index (χ3n) is 2.67. The number of pyridine rings is 1. The molecule has 0 amide bonds. The van der Waals surface area contributed by atoms with Gasteiger partial charge in [0.15, 0.2) is 0 Å². The third-order valence-corrected chi connectivity index (χ3v) is 2.67. The maximum atomic E-state index is 8.63. The minimum Gasteiger partial charge on any atom is -0.368 e. The van der Waals surface area contributed by atoms with E-state index in [1.807, 2.05) is 6.07 Å². The summed E-state index contributed by atoms with van der Waals surface area (Å²) in [5.41, 5.74) is 0.607. The first-order valence-corrected chi connectivity index (χ1v) is 5.40. The van der Waals surface area contributed by atoms with Crippen molar-refractivity contribution in [2.75, 3.05) is 5.32 Å². The van der Waals surface area contributed by atoms with Gasteiger partial charge < -0.3 is 5.32 Å². The summed E-state index contributed by atoms with van der Waals surface area (Å²) < 4.78 is 0. The van der Waals surface area contributed by atoms with Crippen molar-refractivity contribution in [3.8, 4) is 6.07 Å². The Morgan fingerprint density at radius 1 is 1.60 bits per heavy atom. The van der Waals surface area contributed by atoms with Crippen LogP contribution < -0.4 is 5.32 Å². The molecule has 1 aromatic heterocycles. The second-order valence-electron chi connectivity index (χ2n) is 4.27. The van der Waals surface area contributed by atoms with Crippen LogP contribution in [0.15, 0.2) is 18.3 Å². The van der Waals surface area contributed by atoms with E-state index in [4.69, 9.17) is 5.26 Å². The predicted octanol–water partition coefficient (Wildman–Crippen LogP) is 2.55. The molecule has 0 radical (unpaired) electrons. The number of aromatic nitrogens is 1. The molecule has 1 heterocycles. The Bertz CT molecular complexity index is 359. The van der Waals surface area contributed by atoms with Gasteiger partial charge in [0.2, 0.25) is 0 Å². The molecule has 1 aromatic rings. The average Bonchev–Trinajstić information content (AvgIpc) is 3.03. The van der Waals surface area contributed by atoms with E-state index in [1.165, 1.54) is 19.3 Å². The number of hydrogen-bond acceptors (Lipinski definition) is 3. The molecule has 0 saturated heterocycles. The molecule has 0 aliphatic heterocycles. The summed E-state index contributed by atoms with van der Waals surface area (Å²) in [5.74, 6) is 1.79. The monoisotopic (exact) mass is 201 g/mol. The highest BCUT2D eigenvalue weighted by Crippen LogP contribution is 2.33. The summed E-state index contributed by atoms with van der Waals surface area (Å²) in [4.78, 5) is 4.18. The molecular formula is C12H15N3. The van der Waals surface area contributed by atoms with Crippen LogP contribution in [0.1, 0.15) is 31.7 Å². The molecule has 1 aliphatic rings. The Morgan fingerprint density at radius 3 is 2.93 bits per heavy atom. The normalized spacial score (nSPS) is 16.8. The van der Waals surface area contributed by atoms with Crippen LogP contribution in [-0.2, 0) is 0 Å². The minimum absolute atomic E-state index is 0.470. The Balaban J connectivity index is 1.89. The summed E-state index contributed by atoms with van der Waals surface area (Å²) in [6, 6.07) is 6.18. The Labute approximate surface area is 90.1 Å². The molecule has 0 spiro atoms. The fourth-order valence-electron chi connectivity index (χ4n) is 1.71. The first kappa shape index (κ1) is 9.97. The zero-order chi connectivity index (χ0) is 10.7. The van der Waals surface area contributed by atoms with Crippen molar-refractivity contribution in [3.63, 3.8) is 0 Å². The lowest BCUT2D eigenvalue weighted by Crippen LogP contribution is -2.16. The molecular weight excluding hydrogens is 186 g/mol. The van der Waals surface area contributed by atoms with Crippen molar-refractivity contribution in [2.24, 2.45) is 5.92 Å². The largest absolute Gasteiger partial charge is 0.368 e. The van der Waals surface area contributed by atoms with E-state index in [1.54, 1.807) is 12.3 Å². The number of rotatable bonds is 4. The fraction of sp³-hybridized carbons (Fsp3) is 0.500. The first-order chi connectivity index (χ1) is 7.28. The highest BCUT2D eigenvalue weighted by Gasteiger charge is 2.23. The van der Waals surface area contributed by atoms with E-state index in [0.717, 1.165) is 11.7 Å². The SMILES string of the molecule is CC(CC1CC1)Nc1ccc(C#N)cn1. The molecule has 3 nitrogen and oxygen atoms in total. The minimum atomic E-state index is 0.470. The zero-order valence-electron chi connectivity index (χ0n) is 8.90. The van der Waals surface area contributed by atoms with Crippen molar-refractivity contribution in [1.29, 1.82) is 5.26 Å². The smallest absolute Gasteiger partial charge is 0.126 e. The van der Waals surface area contributed by atoms with E-state index in [2.05, 4.69) is 23.3 Å². The Morgan fingerprint density at radius 2 is 2.40 bits per heavy atom. The lowest BCUT2D eigenvalue weighted by Gasteiger charge is -2.13. The molecule has 1 atom stereocenters. The van der Waals surface area contributed by atoms with Gasteiger partial charge in [0, 0.05) is 12.2 Å². The molecule has 1 aliphatic carbocycles. The molecule has 0 aromatic carbocycles. The van der Waals surface area contributed by atoms with Crippen LogP contribution in [0.25, 0.3) is 0 Å². The summed E-state index contributed by atoms with van der Waals surface area (Å²) in [7, 11) is 0. The van der Waals surface area contributed by atoms with Crippen LogP contribution >= 0.6 is 0 Å². The highest BCUT2D eigenvalue weighted by molar-refractivity contribution is 5.39. The van der Waals surface area contributed by atoms with Gasteiger partial charge in [-0.1, -0.05) is 12.8 Å². The van der Waals surface area contributed by atoms with Gasteiger partial charge in [0.1, 0.15) is 11.9 Å². The van der Waals surface area contributed by atoms with Crippen molar-refractivity contribution in [3.05, 3.63) is 23.9 Å².